The average molecular weight is 573 g/mol. The van der Waals surface area contributed by atoms with Crippen molar-refractivity contribution in [2.75, 3.05) is 23.7 Å². The second kappa shape index (κ2) is 12.0. The highest BCUT2D eigenvalue weighted by Gasteiger charge is 2.31. The predicted octanol–water partition coefficient (Wildman–Crippen LogP) is 5.60. The molecule has 1 saturated heterocycles. The van der Waals surface area contributed by atoms with Crippen molar-refractivity contribution in [3.8, 4) is 5.75 Å². The van der Waals surface area contributed by atoms with Crippen molar-refractivity contribution in [1.29, 1.82) is 0 Å². The summed E-state index contributed by atoms with van der Waals surface area (Å²) in [6, 6.07) is 7.40. The van der Waals surface area contributed by atoms with Crippen molar-refractivity contribution in [2.45, 2.75) is 101 Å². The van der Waals surface area contributed by atoms with Crippen molar-refractivity contribution in [1.82, 2.24) is 24.4 Å². The molecule has 3 fully saturated rings. The summed E-state index contributed by atoms with van der Waals surface area (Å²) in [5, 5.41) is 7.28. The van der Waals surface area contributed by atoms with Gasteiger partial charge in [-0.05, 0) is 69.1 Å². The topological polar surface area (TPSA) is 106 Å². The van der Waals surface area contributed by atoms with E-state index in [1.807, 2.05) is 6.33 Å². The zero-order valence-corrected chi connectivity index (χ0v) is 23.2. The molecule has 2 saturated carbocycles. The lowest BCUT2D eigenvalue weighted by Gasteiger charge is -2.32. The lowest BCUT2D eigenvalue weighted by Crippen LogP contribution is -2.39. The number of imidazole rings is 1. The molecule has 0 atom stereocenters. The summed E-state index contributed by atoms with van der Waals surface area (Å²) in [5.41, 5.74) is 8.78. The van der Waals surface area contributed by atoms with Crippen molar-refractivity contribution < 1.29 is 17.9 Å². The number of aromatic nitrogens is 4. The second-order valence-corrected chi connectivity index (χ2v) is 11.8. The first-order valence-corrected chi connectivity index (χ1v) is 14.9. The number of nitrogens with one attached hydrogen (secondary N) is 2. The molecule has 4 N–H and O–H groups in total. The molecule has 0 unspecified atom stereocenters. The molecule has 41 heavy (non-hydrogen) atoms. The molecule has 222 valence electrons. The van der Waals surface area contributed by atoms with Crippen molar-refractivity contribution in [3.63, 3.8) is 0 Å². The number of alkyl halides is 3. The van der Waals surface area contributed by atoms with Gasteiger partial charge in [0, 0.05) is 43.8 Å². The number of piperidine rings is 1. The maximum atomic E-state index is 12.4. The molecule has 3 aromatic rings. The van der Waals surface area contributed by atoms with Crippen molar-refractivity contribution in [3.05, 3.63) is 36.2 Å². The number of rotatable bonds is 8. The number of nitrogens with two attached hydrogens (primary N) is 1. The summed E-state index contributed by atoms with van der Waals surface area (Å²) in [4.78, 5) is 17.0. The maximum absolute atomic E-state index is 12.4. The van der Waals surface area contributed by atoms with Crippen LogP contribution in [0.25, 0.3) is 11.2 Å². The molecular weight excluding hydrogens is 533 g/mol. The third kappa shape index (κ3) is 7.03. The standard InChI is InChI=1S/C29H39F3N8O/c30-29(31,32)41-24-11-5-19(6-12-24)17-39-15-13-22(14-16-39)35-26-25-27(40(18-34-25)23-3-1-2-4-23)38-28(37-26)36-21-9-7-20(33)8-10-21/h5-6,11-12,18,20-23H,1-4,7-10,13-17,33H2,(H2,35,36,37,38). The van der Waals surface area contributed by atoms with Gasteiger partial charge in [0.05, 0.1) is 6.33 Å². The van der Waals surface area contributed by atoms with Crippen LogP contribution in [0.2, 0.25) is 0 Å². The van der Waals surface area contributed by atoms with Crippen LogP contribution in [0.1, 0.15) is 75.8 Å². The molecule has 0 amide bonds. The molecule has 9 nitrogen and oxygen atoms in total. The van der Waals surface area contributed by atoms with Gasteiger partial charge < -0.3 is 25.7 Å². The Hall–Kier alpha value is -3.12. The molecule has 0 radical (unpaired) electrons. The third-order valence-electron chi connectivity index (χ3n) is 8.74. The highest BCUT2D eigenvalue weighted by molar-refractivity contribution is 5.84. The van der Waals surface area contributed by atoms with E-state index >= 15 is 0 Å². The number of anilines is 2. The molecule has 3 aliphatic rings. The van der Waals surface area contributed by atoms with Crippen LogP contribution >= 0.6 is 0 Å². The first-order valence-electron chi connectivity index (χ1n) is 14.9. The van der Waals surface area contributed by atoms with Gasteiger partial charge in [-0.25, -0.2) is 4.98 Å². The van der Waals surface area contributed by atoms with Gasteiger partial charge in [-0.1, -0.05) is 25.0 Å². The molecule has 6 rings (SSSR count). The fourth-order valence-electron chi connectivity index (χ4n) is 6.46. The van der Waals surface area contributed by atoms with E-state index in [4.69, 9.17) is 20.7 Å². The summed E-state index contributed by atoms with van der Waals surface area (Å²) in [6.07, 6.45) is 7.92. The zero-order chi connectivity index (χ0) is 28.4. The van der Waals surface area contributed by atoms with Gasteiger partial charge in [-0.3, -0.25) is 4.90 Å². The van der Waals surface area contributed by atoms with Crippen LogP contribution in [0.5, 0.6) is 5.75 Å². The normalized spacial score (nSPS) is 23.2. The number of nitrogens with zero attached hydrogens (tertiary/aromatic N) is 5. The Morgan fingerprint density at radius 3 is 2.24 bits per heavy atom. The van der Waals surface area contributed by atoms with E-state index < -0.39 is 6.36 Å². The highest BCUT2D eigenvalue weighted by atomic mass is 19.4. The Morgan fingerprint density at radius 1 is 0.878 bits per heavy atom. The van der Waals surface area contributed by atoms with Crippen LogP contribution < -0.4 is 21.1 Å². The number of hydrogen-bond donors (Lipinski definition) is 3. The molecule has 0 spiro atoms. The fraction of sp³-hybridized carbons (Fsp3) is 0.621. The summed E-state index contributed by atoms with van der Waals surface area (Å²) < 4.78 is 43.6. The SMILES string of the molecule is NC1CCC(Nc2nc(NC3CCN(Cc4ccc(OC(F)(F)F)cc4)CC3)c3ncn(C4CCCC4)c3n2)CC1. The average Bonchev–Trinajstić information content (AvgIpc) is 3.62. The number of benzene rings is 1. The minimum atomic E-state index is -4.68. The molecule has 1 aliphatic heterocycles. The largest absolute Gasteiger partial charge is 0.573 e. The maximum Gasteiger partial charge on any atom is 0.573 e. The molecule has 2 aliphatic carbocycles. The van der Waals surface area contributed by atoms with Crippen LogP contribution in [-0.2, 0) is 6.54 Å². The number of likely N-dealkylation sites (tertiary alicyclic amines) is 1. The summed E-state index contributed by atoms with van der Waals surface area (Å²) in [5.74, 6) is 1.23. The Balaban J connectivity index is 1.12. The monoisotopic (exact) mass is 572 g/mol. The number of ether oxygens (including phenoxy) is 1. The van der Waals surface area contributed by atoms with E-state index in [-0.39, 0.29) is 17.8 Å². The van der Waals surface area contributed by atoms with Gasteiger partial charge in [-0.2, -0.15) is 9.97 Å². The van der Waals surface area contributed by atoms with E-state index in [0.29, 0.717) is 24.6 Å². The first kappa shape index (κ1) is 28.0. The van der Waals surface area contributed by atoms with E-state index in [2.05, 4.69) is 24.8 Å². The lowest BCUT2D eigenvalue weighted by molar-refractivity contribution is -0.274. The van der Waals surface area contributed by atoms with Gasteiger partial charge in [-0.15, -0.1) is 13.2 Å². The minimum absolute atomic E-state index is 0.198. The van der Waals surface area contributed by atoms with Gasteiger partial charge in [0.2, 0.25) is 5.95 Å². The molecule has 0 bridgehead atoms. The Bertz CT molecular complexity index is 1290. The minimum Gasteiger partial charge on any atom is -0.406 e. The Kier molecular flexibility index (Phi) is 8.21. The molecule has 12 heteroatoms. The van der Waals surface area contributed by atoms with Crippen molar-refractivity contribution in [2.24, 2.45) is 5.73 Å². The molecule has 1 aromatic carbocycles. The molecule has 2 aromatic heterocycles. The highest BCUT2D eigenvalue weighted by Crippen LogP contribution is 2.34. The van der Waals surface area contributed by atoms with Gasteiger partial charge in [0.1, 0.15) is 5.75 Å². The molecule has 3 heterocycles. The van der Waals surface area contributed by atoms with Crippen molar-refractivity contribution >= 4 is 22.9 Å². The number of hydrogen-bond acceptors (Lipinski definition) is 8. The smallest absolute Gasteiger partial charge is 0.406 e. The van der Waals surface area contributed by atoms with Gasteiger partial charge in [0.15, 0.2) is 17.0 Å². The fourth-order valence-corrected chi connectivity index (χ4v) is 6.46. The zero-order valence-electron chi connectivity index (χ0n) is 23.2. The van der Waals surface area contributed by atoms with E-state index in [0.717, 1.165) is 87.0 Å². The quantitative estimate of drug-likeness (QED) is 0.321. The van der Waals surface area contributed by atoms with E-state index in [1.54, 1.807) is 12.1 Å². The van der Waals surface area contributed by atoms with E-state index in [1.165, 1.54) is 25.0 Å². The first-order chi connectivity index (χ1) is 19.8. The summed E-state index contributed by atoms with van der Waals surface area (Å²) in [7, 11) is 0. The van der Waals surface area contributed by atoms with Gasteiger partial charge >= 0.3 is 6.36 Å². The number of halogens is 3. The van der Waals surface area contributed by atoms with Crippen LogP contribution in [0.15, 0.2) is 30.6 Å². The van der Waals surface area contributed by atoms with E-state index in [9.17, 15) is 13.2 Å². The predicted molar refractivity (Wildman–Crippen MR) is 152 cm³/mol. The third-order valence-corrected chi connectivity index (χ3v) is 8.74. The van der Waals surface area contributed by atoms with Crippen LogP contribution in [0.4, 0.5) is 24.9 Å². The summed E-state index contributed by atoms with van der Waals surface area (Å²) in [6.45, 7) is 2.43. The number of fused-ring (bicyclic) bond motifs is 1. The van der Waals surface area contributed by atoms with Crippen LogP contribution in [0, 0.1) is 0 Å². The van der Waals surface area contributed by atoms with Gasteiger partial charge in [0.25, 0.3) is 0 Å². The molecular formula is C29H39F3N8O. The summed E-state index contributed by atoms with van der Waals surface area (Å²) >= 11 is 0. The van der Waals surface area contributed by atoms with Crippen LogP contribution in [-0.4, -0.2) is 62.0 Å². The Morgan fingerprint density at radius 2 is 1.56 bits per heavy atom. The second-order valence-electron chi connectivity index (χ2n) is 11.8. The van der Waals surface area contributed by atoms with Crippen LogP contribution in [0.3, 0.4) is 0 Å². The lowest BCUT2D eigenvalue weighted by atomic mass is 9.92. The Labute approximate surface area is 238 Å².